The van der Waals surface area contributed by atoms with Crippen LogP contribution in [0.3, 0.4) is 0 Å². The fourth-order valence-corrected chi connectivity index (χ4v) is 1.99. The van der Waals surface area contributed by atoms with Gasteiger partial charge in [0.2, 0.25) is 5.88 Å². The molecule has 104 valence electrons. The number of nitrogens with zero attached hydrogens (tertiary/aromatic N) is 1. The summed E-state index contributed by atoms with van der Waals surface area (Å²) >= 11 is 0. The molecule has 19 heavy (non-hydrogen) atoms. The molecule has 1 aliphatic heterocycles. The van der Waals surface area contributed by atoms with Gasteiger partial charge in [0, 0.05) is 12.6 Å². The number of hydrogen-bond acceptors (Lipinski definition) is 5. The van der Waals surface area contributed by atoms with Gasteiger partial charge in [-0.15, -0.1) is 0 Å². The van der Waals surface area contributed by atoms with Gasteiger partial charge in [0.15, 0.2) is 6.10 Å². The van der Waals surface area contributed by atoms with Crippen LogP contribution in [0.4, 0.5) is 5.69 Å². The van der Waals surface area contributed by atoms with E-state index in [1.165, 1.54) is 0 Å². The van der Waals surface area contributed by atoms with Crippen molar-refractivity contribution in [1.82, 2.24) is 4.98 Å². The van der Waals surface area contributed by atoms with Gasteiger partial charge in [0.05, 0.1) is 24.6 Å². The Bertz CT molecular complexity index is 421. The lowest BCUT2D eigenvalue weighted by atomic mass is 10.2. The van der Waals surface area contributed by atoms with Crippen LogP contribution >= 0.6 is 0 Å². The van der Waals surface area contributed by atoms with E-state index in [1.807, 2.05) is 13.0 Å². The lowest BCUT2D eigenvalue weighted by molar-refractivity contribution is -0.149. The van der Waals surface area contributed by atoms with Crippen molar-refractivity contribution in [3.05, 3.63) is 18.3 Å². The van der Waals surface area contributed by atoms with E-state index in [4.69, 9.17) is 14.6 Å². The molecule has 1 aromatic rings. The summed E-state index contributed by atoms with van der Waals surface area (Å²) in [6, 6.07) is 3.67. The summed E-state index contributed by atoms with van der Waals surface area (Å²) in [6.45, 7) is 3.08. The van der Waals surface area contributed by atoms with Crippen molar-refractivity contribution in [3.8, 4) is 5.88 Å². The number of pyridine rings is 1. The smallest absolute Gasteiger partial charge is 0.332 e. The summed E-state index contributed by atoms with van der Waals surface area (Å²) in [5.74, 6) is -0.290. The summed E-state index contributed by atoms with van der Waals surface area (Å²) in [5.41, 5.74) is 0.867. The molecule has 2 N–H and O–H groups in total. The molecule has 2 unspecified atom stereocenters. The first-order chi connectivity index (χ1) is 9.19. The van der Waals surface area contributed by atoms with Crippen LogP contribution in [0.25, 0.3) is 0 Å². The molecule has 2 heterocycles. The van der Waals surface area contributed by atoms with Gasteiger partial charge >= 0.3 is 5.97 Å². The van der Waals surface area contributed by atoms with Crippen molar-refractivity contribution in [2.24, 2.45) is 0 Å². The number of ether oxygens (including phenoxy) is 2. The second-order valence-corrected chi connectivity index (χ2v) is 4.36. The third-order valence-electron chi connectivity index (χ3n) is 2.95. The van der Waals surface area contributed by atoms with Crippen LogP contribution in [-0.4, -0.2) is 41.4 Å². The van der Waals surface area contributed by atoms with Crippen LogP contribution in [-0.2, 0) is 9.53 Å². The topological polar surface area (TPSA) is 80.7 Å². The normalized spacial score (nSPS) is 22.2. The van der Waals surface area contributed by atoms with E-state index < -0.39 is 12.1 Å². The third kappa shape index (κ3) is 3.82. The summed E-state index contributed by atoms with van der Waals surface area (Å²) in [5, 5.41) is 12.0. The van der Waals surface area contributed by atoms with Crippen molar-refractivity contribution in [1.29, 1.82) is 0 Å². The van der Waals surface area contributed by atoms with Crippen LogP contribution < -0.4 is 10.1 Å². The van der Waals surface area contributed by atoms with E-state index in [-0.39, 0.29) is 6.10 Å². The molecule has 0 radical (unpaired) electrons. The predicted octanol–water partition coefficient (Wildman–Crippen LogP) is 1.52. The molecule has 1 aliphatic rings. The molecule has 0 bridgehead atoms. The summed E-state index contributed by atoms with van der Waals surface area (Å²) in [6.07, 6.45) is 2.30. The molecular weight excluding hydrogens is 248 g/mol. The van der Waals surface area contributed by atoms with E-state index >= 15 is 0 Å². The van der Waals surface area contributed by atoms with Gasteiger partial charge in [-0.25, -0.2) is 9.78 Å². The summed E-state index contributed by atoms with van der Waals surface area (Å²) in [4.78, 5) is 14.9. The van der Waals surface area contributed by atoms with E-state index in [1.54, 1.807) is 12.3 Å². The number of hydrogen-bond donors (Lipinski definition) is 2. The Morgan fingerprint density at radius 3 is 3.00 bits per heavy atom. The Balaban J connectivity index is 1.78. The van der Waals surface area contributed by atoms with E-state index in [2.05, 4.69) is 10.3 Å². The molecule has 0 saturated carbocycles. The SMILES string of the molecule is CCOc1ccc(NCC2CCC(C(=O)O)O2)cn1. The minimum atomic E-state index is -0.884. The molecule has 1 saturated heterocycles. The largest absolute Gasteiger partial charge is 0.479 e. The number of nitrogens with one attached hydrogen (secondary N) is 1. The Kier molecular flexibility index (Phi) is 4.57. The first-order valence-electron chi connectivity index (χ1n) is 6.40. The average molecular weight is 266 g/mol. The molecule has 2 atom stereocenters. The van der Waals surface area contributed by atoms with Gasteiger partial charge in [0.25, 0.3) is 0 Å². The zero-order chi connectivity index (χ0) is 13.7. The Morgan fingerprint density at radius 1 is 1.58 bits per heavy atom. The molecule has 1 fully saturated rings. The highest BCUT2D eigenvalue weighted by Gasteiger charge is 2.30. The number of aromatic nitrogens is 1. The molecule has 6 heteroatoms. The molecule has 1 aromatic heterocycles. The second kappa shape index (κ2) is 6.38. The molecule has 0 aromatic carbocycles. The maximum Gasteiger partial charge on any atom is 0.332 e. The summed E-state index contributed by atoms with van der Waals surface area (Å²) < 4.78 is 10.7. The van der Waals surface area contributed by atoms with Gasteiger partial charge < -0.3 is 19.9 Å². The van der Waals surface area contributed by atoms with Gasteiger partial charge in [-0.2, -0.15) is 0 Å². The number of carboxylic acid groups (broad SMARTS) is 1. The number of rotatable bonds is 6. The van der Waals surface area contributed by atoms with Gasteiger partial charge in [-0.05, 0) is 25.8 Å². The van der Waals surface area contributed by atoms with Gasteiger partial charge in [0.1, 0.15) is 0 Å². The second-order valence-electron chi connectivity index (χ2n) is 4.36. The predicted molar refractivity (Wildman–Crippen MR) is 69.4 cm³/mol. The van der Waals surface area contributed by atoms with Crippen molar-refractivity contribution in [3.63, 3.8) is 0 Å². The Hall–Kier alpha value is -1.82. The van der Waals surface area contributed by atoms with Crippen LogP contribution in [0.15, 0.2) is 18.3 Å². The van der Waals surface area contributed by atoms with Gasteiger partial charge in [-0.3, -0.25) is 0 Å². The monoisotopic (exact) mass is 266 g/mol. The Morgan fingerprint density at radius 2 is 2.42 bits per heavy atom. The fraction of sp³-hybridized carbons (Fsp3) is 0.538. The number of carboxylic acids is 1. The zero-order valence-electron chi connectivity index (χ0n) is 10.8. The van der Waals surface area contributed by atoms with Crippen LogP contribution in [0, 0.1) is 0 Å². The van der Waals surface area contributed by atoms with Crippen molar-refractivity contribution < 1.29 is 19.4 Å². The van der Waals surface area contributed by atoms with Crippen LogP contribution in [0.1, 0.15) is 19.8 Å². The fourth-order valence-electron chi connectivity index (χ4n) is 1.99. The molecular formula is C13H18N2O4. The zero-order valence-corrected chi connectivity index (χ0v) is 10.8. The van der Waals surface area contributed by atoms with E-state index in [0.29, 0.717) is 25.5 Å². The van der Waals surface area contributed by atoms with E-state index in [0.717, 1.165) is 12.1 Å². The minimum absolute atomic E-state index is 0.0623. The molecule has 0 amide bonds. The summed E-state index contributed by atoms with van der Waals surface area (Å²) in [7, 11) is 0. The maximum atomic E-state index is 10.8. The standard InChI is InChI=1S/C13H18N2O4/c1-2-18-12-6-3-9(7-15-12)14-8-10-4-5-11(19-10)13(16)17/h3,6-7,10-11,14H,2,4-5,8H2,1H3,(H,16,17). The maximum absolute atomic E-state index is 10.8. The highest BCUT2D eigenvalue weighted by molar-refractivity contribution is 5.72. The molecule has 2 rings (SSSR count). The Labute approximate surface area is 111 Å². The minimum Gasteiger partial charge on any atom is -0.479 e. The van der Waals surface area contributed by atoms with Crippen LogP contribution in [0.2, 0.25) is 0 Å². The first kappa shape index (κ1) is 13.6. The van der Waals surface area contributed by atoms with Crippen molar-refractivity contribution in [2.75, 3.05) is 18.5 Å². The number of carbonyl (C=O) groups is 1. The van der Waals surface area contributed by atoms with Crippen LogP contribution in [0.5, 0.6) is 5.88 Å². The molecule has 0 spiro atoms. The highest BCUT2D eigenvalue weighted by atomic mass is 16.5. The number of anilines is 1. The molecule has 0 aliphatic carbocycles. The third-order valence-corrected chi connectivity index (χ3v) is 2.95. The van der Waals surface area contributed by atoms with E-state index in [9.17, 15) is 4.79 Å². The van der Waals surface area contributed by atoms with Crippen molar-refractivity contribution in [2.45, 2.75) is 32.0 Å². The lowest BCUT2D eigenvalue weighted by Gasteiger charge is -2.13. The first-order valence-corrected chi connectivity index (χ1v) is 6.40. The van der Waals surface area contributed by atoms with Crippen molar-refractivity contribution >= 4 is 11.7 Å². The molecule has 6 nitrogen and oxygen atoms in total. The van der Waals surface area contributed by atoms with Gasteiger partial charge in [-0.1, -0.05) is 0 Å². The average Bonchev–Trinajstić information content (AvgIpc) is 2.87. The highest BCUT2D eigenvalue weighted by Crippen LogP contribution is 2.20. The quantitative estimate of drug-likeness (QED) is 0.812. The lowest BCUT2D eigenvalue weighted by Crippen LogP contribution is -2.24. The number of aliphatic carboxylic acids is 1.